The van der Waals surface area contributed by atoms with Gasteiger partial charge in [-0.1, -0.05) is 6.07 Å². The maximum atomic E-state index is 4.74. The molecule has 0 unspecified atom stereocenters. The molecule has 2 rings (SSSR count). The normalized spacial score (nSPS) is 11.1. The molecule has 0 bridgehead atoms. The number of aliphatic imine (C=N–C) groups is 1. The monoisotopic (exact) mass is 487 g/mol. The van der Waals surface area contributed by atoms with Gasteiger partial charge < -0.3 is 15.5 Å². The quantitative estimate of drug-likeness (QED) is 0.368. The summed E-state index contributed by atoms with van der Waals surface area (Å²) in [4.78, 5) is 12.6. The van der Waals surface area contributed by atoms with Crippen LogP contribution in [0.4, 0.5) is 5.69 Å². The molecule has 26 heavy (non-hydrogen) atoms. The number of guanidine groups is 1. The molecule has 0 saturated heterocycles. The summed E-state index contributed by atoms with van der Waals surface area (Å²) in [7, 11) is 4.12. The second-order valence-electron chi connectivity index (χ2n) is 6.30. The van der Waals surface area contributed by atoms with E-state index in [1.165, 1.54) is 21.7 Å². The van der Waals surface area contributed by atoms with Gasteiger partial charge in [0.25, 0.3) is 0 Å². The van der Waals surface area contributed by atoms with Gasteiger partial charge in [0, 0.05) is 31.2 Å². The van der Waals surface area contributed by atoms with Crippen molar-refractivity contribution in [3.63, 3.8) is 0 Å². The summed E-state index contributed by atoms with van der Waals surface area (Å²) < 4.78 is 0. The van der Waals surface area contributed by atoms with Crippen molar-refractivity contribution in [1.82, 2.24) is 15.6 Å². The van der Waals surface area contributed by atoms with Crippen molar-refractivity contribution in [2.45, 2.75) is 40.8 Å². The van der Waals surface area contributed by atoms with E-state index in [0.717, 1.165) is 29.8 Å². The SMILES string of the molecule is CCNC(=NCc1ccc(N(C)C)cc1C)NCc1sc(C)nc1C.I. The molecule has 0 spiro atoms. The highest BCUT2D eigenvalue weighted by atomic mass is 127. The first kappa shape index (κ1) is 22.7. The number of rotatable bonds is 6. The van der Waals surface area contributed by atoms with Crippen molar-refractivity contribution in [2.24, 2.45) is 4.99 Å². The molecule has 0 radical (unpaired) electrons. The number of anilines is 1. The van der Waals surface area contributed by atoms with Gasteiger partial charge in [-0.15, -0.1) is 35.3 Å². The lowest BCUT2D eigenvalue weighted by Gasteiger charge is -2.15. The van der Waals surface area contributed by atoms with Gasteiger partial charge in [0.2, 0.25) is 0 Å². The van der Waals surface area contributed by atoms with Crippen LogP contribution >= 0.6 is 35.3 Å². The molecule has 5 nitrogen and oxygen atoms in total. The predicted octanol–water partition coefficient (Wildman–Crippen LogP) is 4.01. The summed E-state index contributed by atoms with van der Waals surface area (Å²) in [6.45, 7) is 10.6. The highest BCUT2D eigenvalue weighted by molar-refractivity contribution is 14.0. The highest BCUT2D eigenvalue weighted by Crippen LogP contribution is 2.18. The van der Waals surface area contributed by atoms with Crippen LogP contribution in [0.5, 0.6) is 0 Å². The summed E-state index contributed by atoms with van der Waals surface area (Å²) in [6, 6.07) is 6.50. The van der Waals surface area contributed by atoms with E-state index >= 15 is 0 Å². The average Bonchev–Trinajstić information content (AvgIpc) is 2.88. The van der Waals surface area contributed by atoms with Crippen LogP contribution < -0.4 is 15.5 Å². The summed E-state index contributed by atoms with van der Waals surface area (Å²) in [5.74, 6) is 0.837. The van der Waals surface area contributed by atoms with Crippen molar-refractivity contribution >= 4 is 47.0 Å². The van der Waals surface area contributed by atoms with Gasteiger partial charge in [0.15, 0.2) is 5.96 Å². The molecular weight excluding hydrogens is 457 g/mol. The molecule has 0 aliphatic heterocycles. The van der Waals surface area contributed by atoms with E-state index in [9.17, 15) is 0 Å². The van der Waals surface area contributed by atoms with E-state index in [1.807, 2.05) is 6.92 Å². The number of aromatic nitrogens is 1. The number of nitrogens with zero attached hydrogens (tertiary/aromatic N) is 3. The van der Waals surface area contributed by atoms with Crippen molar-refractivity contribution < 1.29 is 0 Å². The molecular formula is C19H30IN5S. The third-order valence-corrected chi connectivity index (χ3v) is 5.08. The Morgan fingerprint density at radius 1 is 1.19 bits per heavy atom. The van der Waals surface area contributed by atoms with E-state index in [4.69, 9.17) is 4.99 Å². The number of hydrogen-bond donors (Lipinski definition) is 2. The van der Waals surface area contributed by atoms with Crippen molar-refractivity contribution in [2.75, 3.05) is 25.5 Å². The topological polar surface area (TPSA) is 52.6 Å². The summed E-state index contributed by atoms with van der Waals surface area (Å²) in [5.41, 5.74) is 4.82. The summed E-state index contributed by atoms with van der Waals surface area (Å²) >= 11 is 1.73. The second-order valence-corrected chi connectivity index (χ2v) is 7.58. The Labute approximate surface area is 178 Å². The van der Waals surface area contributed by atoms with Gasteiger partial charge in [0.05, 0.1) is 23.8 Å². The van der Waals surface area contributed by atoms with Crippen molar-refractivity contribution in [3.8, 4) is 0 Å². The van der Waals surface area contributed by atoms with E-state index in [0.29, 0.717) is 6.54 Å². The molecule has 2 N–H and O–H groups in total. The minimum Gasteiger partial charge on any atom is -0.378 e. The van der Waals surface area contributed by atoms with Crippen LogP contribution in [0.1, 0.15) is 33.6 Å². The first-order valence-electron chi connectivity index (χ1n) is 8.62. The van der Waals surface area contributed by atoms with E-state index < -0.39 is 0 Å². The summed E-state index contributed by atoms with van der Waals surface area (Å²) in [5, 5.41) is 7.83. The number of aryl methyl sites for hydroxylation is 3. The van der Waals surface area contributed by atoms with E-state index in [-0.39, 0.29) is 24.0 Å². The van der Waals surface area contributed by atoms with Gasteiger partial charge in [0.1, 0.15) is 0 Å². The number of thiazole rings is 1. The van der Waals surface area contributed by atoms with Crippen molar-refractivity contribution in [3.05, 3.63) is 44.9 Å². The molecule has 0 aliphatic carbocycles. The van der Waals surface area contributed by atoms with Gasteiger partial charge in [-0.3, -0.25) is 0 Å². The lowest BCUT2D eigenvalue weighted by atomic mass is 10.1. The lowest BCUT2D eigenvalue weighted by Crippen LogP contribution is -2.36. The number of hydrogen-bond acceptors (Lipinski definition) is 4. The number of halogens is 1. The zero-order chi connectivity index (χ0) is 18.4. The van der Waals surface area contributed by atoms with Gasteiger partial charge in [-0.25, -0.2) is 9.98 Å². The maximum Gasteiger partial charge on any atom is 0.191 e. The fourth-order valence-corrected chi connectivity index (χ4v) is 3.42. The number of nitrogens with one attached hydrogen (secondary N) is 2. The van der Waals surface area contributed by atoms with Crippen LogP contribution in [-0.4, -0.2) is 31.6 Å². The Morgan fingerprint density at radius 2 is 1.92 bits per heavy atom. The molecule has 0 fully saturated rings. The second kappa shape index (κ2) is 10.7. The Balaban J connectivity index is 0.00000338. The molecule has 1 heterocycles. The molecule has 144 valence electrons. The molecule has 1 aromatic carbocycles. The smallest absolute Gasteiger partial charge is 0.191 e. The minimum atomic E-state index is 0. The van der Waals surface area contributed by atoms with Crippen LogP contribution in [-0.2, 0) is 13.1 Å². The lowest BCUT2D eigenvalue weighted by molar-refractivity contribution is 0.818. The van der Waals surface area contributed by atoms with Gasteiger partial charge in [-0.05, 0) is 51.0 Å². The third kappa shape index (κ3) is 6.42. The van der Waals surface area contributed by atoms with Crippen LogP contribution in [0.25, 0.3) is 0 Å². The van der Waals surface area contributed by atoms with Crippen LogP contribution in [0.2, 0.25) is 0 Å². The molecule has 0 amide bonds. The average molecular weight is 487 g/mol. The van der Waals surface area contributed by atoms with Gasteiger partial charge >= 0.3 is 0 Å². The van der Waals surface area contributed by atoms with E-state index in [2.05, 4.69) is 73.6 Å². The Bertz CT molecular complexity index is 740. The fourth-order valence-electron chi connectivity index (χ4n) is 2.54. The molecule has 2 aromatic rings. The third-order valence-electron chi connectivity index (χ3n) is 4.01. The Hall–Kier alpha value is -1.35. The Kier molecular flexibility index (Phi) is 9.35. The zero-order valence-corrected chi connectivity index (χ0v) is 19.7. The maximum absolute atomic E-state index is 4.74. The fraction of sp³-hybridized carbons (Fsp3) is 0.474. The zero-order valence-electron chi connectivity index (χ0n) is 16.5. The van der Waals surface area contributed by atoms with Crippen LogP contribution in [0, 0.1) is 20.8 Å². The molecule has 7 heteroatoms. The largest absolute Gasteiger partial charge is 0.378 e. The molecule has 0 aliphatic rings. The van der Waals surface area contributed by atoms with Crippen molar-refractivity contribution in [1.29, 1.82) is 0 Å². The van der Waals surface area contributed by atoms with Gasteiger partial charge in [-0.2, -0.15) is 0 Å². The first-order chi connectivity index (χ1) is 11.9. The molecule has 0 atom stereocenters. The predicted molar refractivity (Wildman–Crippen MR) is 124 cm³/mol. The number of benzene rings is 1. The summed E-state index contributed by atoms with van der Waals surface area (Å²) in [6.07, 6.45) is 0. The van der Waals surface area contributed by atoms with Crippen LogP contribution in [0.3, 0.4) is 0 Å². The standard InChI is InChI=1S/C19H29N5S.HI/c1-7-20-19(22-12-18-14(3)23-15(4)25-18)21-11-16-8-9-17(24(5)6)10-13(16)2;/h8-10H,7,11-12H2,1-6H3,(H2,20,21,22);1H. The molecule has 1 aromatic heterocycles. The molecule has 0 saturated carbocycles. The highest BCUT2D eigenvalue weighted by Gasteiger charge is 2.06. The van der Waals surface area contributed by atoms with Crippen LogP contribution in [0.15, 0.2) is 23.2 Å². The van der Waals surface area contributed by atoms with E-state index in [1.54, 1.807) is 11.3 Å². The first-order valence-corrected chi connectivity index (χ1v) is 9.44. The Morgan fingerprint density at radius 3 is 2.46 bits per heavy atom. The minimum absolute atomic E-state index is 0.